The van der Waals surface area contributed by atoms with Gasteiger partial charge in [0.15, 0.2) is 0 Å². The van der Waals surface area contributed by atoms with Crippen LogP contribution in [0.1, 0.15) is 33.3 Å². The predicted molar refractivity (Wildman–Crippen MR) is 105 cm³/mol. The number of carbonyl (C=O) groups is 2. The van der Waals surface area contributed by atoms with Crippen LogP contribution < -0.4 is 15.0 Å². The summed E-state index contributed by atoms with van der Waals surface area (Å²) in [4.78, 5) is 25.8. The summed E-state index contributed by atoms with van der Waals surface area (Å²) in [5, 5.41) is 2.80. The zero-order chi connectivity index (χ0) is 19.3. The predicted octanol–water partition coefficient (Wildman–Crippen LogP) is 3.98. The van der Waals surface area contributed by atoms with Crippen LogP contribution >= 0.6 is 0 Å². The van der Waals surface area contributed by atoms with Crippen LogP contribution in [0.2, 0.25) is 0 Å². The number of nitrogens with zero attached hydrogens (tertiary/aromatic N) is 1. The highest BCUT2D eigenvalue weighted by Gasteiger charge is 2.18. The number of carbonyl (C=O) groups excluding carboxylic acids is 2. The van der Waals surface area contributed by atoms with E-state index in [1.807, 2.05) is 24.3 Å². The summed E-state index contributed by atoms with van der Waals surface area (Å²) >= 11 is 0. The van der Waals surface area contributed by atoms with E-state index in [1.54, 1.807) is 31.4 Å². The molecule has 0 unspecified atom stereocenters. The molecule has 0 aromatic heterocycles. The van der Waals surface area contributed by atoms with E-state index in [0.29, 0.717) is 17.1 Å². The monoisotopic (exact) mass is 354 g/mol. The number of hydrogen-bond donors (Lipinski definition) is 1. The zero-order valence-corrected chi connectivity index (χ0v) is 16.0. The smallest absolute Gasteiger partial charge is 0.244 e. The number of hydrogen-bond acceptors (Lipinski definition) is 3. The molecular formula is C21H26N2O3. The number of methoxy groups -OCH3 is 1. The summed E-state index contributed by atoms with van der Waals surface area (Å²) in [7, 11) is 1.59. The van der Waals surface area contributed by atoms with Gasteiger partial charge in [0.05, 0.1) is 7.11 Å². The van der Waals surface area contributed by atoms with Crippen LogP contribution in [0.25, 0.3) is 0 Å². The molecule has 0 saturated carbocycles. The Bertz CT molecular complexity index is 759. The summed E-state index contributed by atoms with van der Waals surface area (Å²) in [5.41, 5.74) is 2.57. The van der Waals surface area contributed by atoms with Crippen LogP contribution in [-0.4, -0.2) is 25.5 Å². The summed E-state index contributed by atoms with van der Waals surface area (Å²) in [5.74, 6) is 0.274. The Morgan fingerprint density at radius 2 is 1.58 bits per heavy atom. The fourth-order valence-electron chi connectivity index (χ4n) is 2.54. The first kappa shape index (κ1) is 19.5. The van der Waals surface area contributed by atoms with Crippen molar-refractivity contribution in [3.63, 3.8) is 0 Å². The van der Waals surface area contributed by atoms with Gasteiger partial charge in [-0.05, 0) is 47.4 Å². The molecule has 2 rings (SSSR count). The highest BCUT2D eigenvalue weighted by Crippen LogP contribution is 2.25. The third-order valence-electron chi connectivity index (χ3n) is 4.10. The molecule has 26 heavy (non-hydrogen) atoms. The lowest BCUT2D eigenvalue weighted by Crippen LogP contribution is -2.36. The minimum atomic E-state index is -0.259. The molecule has 2 amide bonds. The van der Waals surface area contributed by atoms with Gasteiger partial charge in [-0.3, -0.25) is 9.59 Å². The molecule has 0 heterocycles. The number of ether oxygens (including phenoxy) is 1. The number of rotatable bonds is 5. The van der Waals surface area contributed by atoms with Crippen LogP contribution in [0.5, 0.6) is 5.75 Å². The number of nitrogens with one attached hydrogen (secondary N) is 1. The molecule has 0 aliphatic rings. The Labute approximate surface area is 155 Å². The maximum Gasteiger partial charge on any atom is 0.244 e. The molecule has 2 aromatic rings. The molecule has 2 aromatic carbocycles. The first-order chi connectivity index (χ1) is 12.2. The summed E-state index contributed by atoms with van der Waals surface area (Å²) in [6.45, 7) is 7.81. The SMILES string of the molecule is COc1ccc(NC(=O)CN(C(C)=O)c2ccc(C(C)(C)C)cc2)cc1. The molecule has 0 atom stereocenters. The summed E-state index contributed by atoms with van der Waals surface area (Å²) < 4.78 is 5.10. The van der Waals surface area contributed by atoms with Crippen LogP contribution in [0.15, 0.2) is 48.5 Å². The molecule has 1 N–H and O–H groups in total. The largest absolute Gasteiger partial charge is 0.497 e. The van der Waals surface area contributed by atoms with Gasteiger partial charge in [0, 0.05) is 18.3 Å². The summed E-state index contributed by atoms with van der Waals surface area (Å²) in [6.07, 6.45) is 0. The van der Waals surface area contributed by atoms with Crippen molar-refractivity contribution in [2.24, 2.45) is 0 Å². The molecule has 0 fully saturated rings. The lowest BCUT2D eigenvalue weighted by atomic mass is 9.87. The van der Waals surface area contributed by atoms with E-state index in [0.717, 1.165) is 0 Å². The van der Waals surface area contributed by atoms with Gasteiger partial charge in [0.1, 0.15) is 12.3 Å². The Morgan fingerprint density at radius 1 is 1.00 bits per heavy atom. The van der Waals surface area contributed by atoms with Gasteiger partial charge < -0.3 is 15.0 Å². The maximum atomic E-state index is 12.3. The normalized spacial score (nSPS) is 11.0. The van der Waals surface area contributed by atoms with E-state index < -0.39 is 0 Å². The Hall–Kier alpha value is -2.82. The van der Waals surface area contributed by atoms with Crippen molar-refractivity contribution in [1.29, 1.82) is 0 Å². The third-order valence-corrected chi connectivity index (χ3v) is 4.10. The first-order valence-corrected chi connectivity index (χ1v) is 8.53. The fourth-order valence-corrected chi connectivity index (χ4v) is 2.54. The minimum absolute atomic E-state index is 0.0331. The van der Waals surface area contributed by atoms with Gasteiger partial charge in [0.25, 0.3) is 0 Å². The molecule has 0 radical (unpaired) electrons. The van der Waals surface area contributed by atoms with Crippen LogP contribution in [0, 0.1) is 0 Å². The molecule has 0 saturated heterocycles. The van der Waals surface area contributed by atoms with Crippen molar-refractivity contribution in [2.75, 3.05) is 23.9 Å². The zero-order valence-electron chi connectivity index (χ0n) is 16.0. The lowest BCUT2D eigenvalue weighted by Gasteiger charge is -2.23. The van der Waals surface area contributed by atoms with E-state index in [-0.39, 0.29) is 23.8 Å². The lowest BCUT2D eigenvalue weighted by molar-refractivity contribution is -0.120. The van der Waals surface area contributed by atoms with Gasteiger partial charge in [-0.15, -0.1) is 0 Å². The van der Waals surface area contributed by atoms with Crippen molar-refractivity contribution in [2.45, 2.75) is 33.1 Å². The molecule has 0 aliphatic carbocycles. The average molecular weight is 354 g/mol. The highest BCUT2D eigenvalue weighted by molar-refractivity contribution is 6.01. The quantitative estimate of drug-likeness (QED) is 0.883. The molecule has 5 nitrogen and oxygen atoms in total. The van der Waals surface area contributed by atoms with E-state index in [1.165, 1.54) is 17.4 Å². The van der Waals surface area contributed by atoms with Crippen LogP contribution in [-0.2, 0) is 15.0 Å². The van der Waals surface area contributed by atoms with Crippen LogP contribution in [0.3, 0.4) is 0 Å². The molecule has 0 aliphatic heterocycles. The Kier molecular flexibility index (Phi) is 6.03. The Morgan fingerprint density at radius 3 is 2.04 bits per heavy atom. The van der Waals surface area contributed by atoms with E-state index in [9.17, 15) is 9.59 Å². The second-order valence-electron chi connectivity index (χ2n) is 7.18. The average Bonchev–Trinajstić information content (AvgIpc) is 2.59. The van der Waals surface area contributed by atoms with Crippen LogP contribution in [0.4, 0.5) is 11.4 Å². The highest BCUT2D eigenvalue weighted by atomic mass is 16.5. The van der Waals surface area contributed by atoms with Crippen molar-refractivity contribution < 1.29 is 14.3 Å². The molecule has 0 bridgehead atoms. The van der Waals surface area contributed by atoms with Crippen molar-refractivity contribution in [3.05, 3.63) is 54.1 Å². The first-order valence-electron chi connectivity index (χ1n) is 8.53. The van der Waals surface area contributed by atoms with Crippen molar-refractivity contribution >= 4 is 23.2 Å². The maximum absolute atomic E-state index is 12.3. The number of anilines is 2. The van der Waals surface area contributed by atoms with Gasteiger partial charge in [0.2, 0.25) is 11.8 Å². The summed E-state index contributed by atoms with van der Waals surface area (Å²) in [6, 6.07) is 14.8. The minimum Gasteiger partial charge on any atom is -0.497 e. The standard InChI is InChI=1S/C21H26N2O3/c1-15(24)23(18-10-6-16(7-11-18)21(2,3)4)14-20(25)22-17-8-12-19(26-5)13-9-17/h6-13H,14H2,1-5H3,(H,22,25). The van der Waals surface area contributed by atoms with Crippen molar-refractivity contribution in [3.8, 4) is 5.75 Å². The van der Waals surface area contributed by atoms with E-state index in [4.69, 9.17) is 4.74 Å². The van der Waals surface area contributed by atoms with Crippen molar-refractivity contribution in [1.82, 2.24) is 0 Å². The van der Waals surface area contributed by atoms with Gasteiger partial charge in [-0.1, -0.05) is 32.9 Å². The van der Waals surface area contributed by atoms with E-state index in [2.05, 4.69) is 26.1 Å². The molecule has 5 heteroatoms. The third kappa shape index (κ3) is 5.09. The number of benzene rings is 2. The molecule has 0 spiro atoms. The topological polar surface area (TPSA) is 58.6 Å². The number of amides is 2. The second kappa shape index (κ2) is 8.04. The fraction of sp³-hybridized carbons (Fsp3) is 0.333. The molecule has 138 valence electrons. The molecular weight excluding hydrogens is 328 g/mol. The van der Waals surface area contributed by atoms with Gasteiger partial charge >= 0.3 is 0 Å². The van der Waals surface area contributed by atoms with Gasteiger partial charge in [-0.25, -0.2) is 0 Å². The second-order valence-corrected chi connectivity index (χ2v) is 7.18. The van der Waals surface area contributed by atoms with Gasteiger partial charge in [-0.2, -0.15) is 0 Å². The van der Waals surface area contributed by atoms with E-state index >= 15 is 0 Å². The Balaban J connectivity index is 2.09.